The van der Waals surface area contributed by atoms with E-state index < -0.39 is 12.0 Å². The first-order valence-corrected chi connectivity index (χ1v) is 12.8. The van der Waals surface area contributed by atoms with Crippen molar-refractivity contribution in [2.24, 2.45) is 0 Å². The van der Waals surface area contributed by atoms with Gasteiger partial charge in [0.05, 0.1) is 18.2 Å². The van der Waals surface area contributed by atoms with E-state index in [1.54, 1.807) is 17.9 Å². The van der Waals surface area contributed by atoms with Crippen LogP contribution in [-0.2, 0) is 9.53 Å². The number of esters is 1. The van der Waals surface area contributed by atoms with Gasteiger partial charge in [-0.15, -0.1) is 6.58 Å². The summed E-state index contributed by atoms with van der Waals surface area (Å²) < 4.78 is 5.42. The van der Waals surface area contributed by atoms with Gasteiger partial charge in [0.2, 0.25) is 0 Å². The number of ether oxygens (including phenoxy) is 1. The Kier molecular flexibility index (Phi) is 9.52. The predicted octanol–water partition coefficient (Wildman–Crippen LogP) is 2.94. The molecule has 0 aromatic carbocycles. The van der Waals surface area contributed by atoms with Gasteiger partial charge in [0.1, 0.15) is 0 Å². The first-order chi connectivity index (χ1) is 16.5. The summed E-state index contributed by atoms with van der Waals surface area (Å²) in [6.45, 7) is 11.8. The molecule has 0 spiro atoms. The molecule has 3 heterocycles. The molecule has 0 bridgehead atoms. The number of urea groups is 2. The second-order valence-corrected chi connectivity index (χ2v) is 9.05. The Hall–Kier alpha value is -2.85. The van der Waals surface area contributed by atoms with Crippen molar-refractivity contribution in [1.82, 2.24) is 25.3 Å². The Balaban J connectivity index is 1.90. The Bertz CT molecular complexity index is 901. The van der Waals surface area contributed by atoms with E-state index in [1.165, 1.54) is 11.3 Å². The lowest BCUT2D eigenvalue weighted by atomic mass is 9.96. The Morgan fingerprint density at radius 1 is 1.29 bits per heavy atom. The molecule has 2 aliphatic rings. The van der Waals surface area contributed by atoms with Crippen LogP contribution in [0.15, 0.2) is 40.8 Å². The fraction of sp³-hybridized carbons (Fsp3) is 0.542. The molecule has 3 rings (SSSR count). The Labute approximate surface area is 205 Å². The molecule has 1 fully saturated rings. The van der Waals surface area contributed by atoms with Crippen molar-refractivity contribution >= 4 is 29.4 Å². The fourth-order valence-electron chi connectivity index (χ4n) is 4.22. The maximum atomic E-state index is 13.2. The molecule has 2 aliphatic heterocycles. The molecule has 1 atom stereocenters. The Morgan fingerprint density at radius 3 is 2.79 bits per heavy atom. The number of carbonyl (C=O) groups is 3. The third kappa shape index (κ3) is 6.18. The van der Waals surface area contributed by atoms with Crippen LogP contribution in [0.5, 0.6) is 0 Å². The van der Waals surface area contributed by atoms with Crippen LogP contribution in [0.25, 0.3) is 0 Å². The van der Waals surface area contributed by atoms with Crippen LogP contribution in [0.3, 0.4) is 0 Å². The minimum atomic E-state index is -0.572. The van der Waals surface area contributed by atoms with Gasteiger partial charge >= 0.3 is 18.0 Å². The van der Waals surface area contributed by atoms with E-state index >= 15 is 0 Å². The normalized spacial score (nSPS) is 19.5. The van der Waals surface area contributed by atoms with Crippen molar-refractivity contribution in [3.63, 3.8) is 0 Å². The van der Waals surface area contributed by atoms with Crippen LogP contribution in [0, 0.1) is 0 Å². The SMILES string of the molecule is C=CCN1C(=O)NC(c2ccsc2)C(C(=O)OCC)=C1CN1CCCN(C(=O)NCCC)CC1. The summed E-state index contributed by atoms with van der Waals surface area (Å²) in [4.78, 5) is 44.3. The molecule has 0 saturated carbocycles. The van der Waals surface area contributed by atoms with Crippen molar-refractivity contribution in [2.75, 3.05) is 52.4 Å². The maximum absolute atomic E-state index is 13.2. The summed E-state index contributed by atoms with van der Waals surface area (Å²) in [5, 5.41) is 9.77. The van der Waals surface area contributed by atoms with Crippen LogP contribution in [0.4, 0.5) is 9.59 Å². The third-order valence-electron chi connectivity index (χ3n) is 5.90. The lowest BCUT2D eigenvalue weighted by Gasteiger charge is -2.37. The van der Waals surface area contributed by atoms with Gasteiger partial charge in [-0.25, -0.2) is 14.4 Å². The lowest BCUT2D eigenvalue weighted by molar-refractivity contribution is -0.139. The van der Waals surface area contributed by atoms with E-state index in [4.69, 9.17) is 4.74 Å². The highest BCUT2D eigenvalue weighted by Gasteiger charge is 2.38. The first kappa shape index (κ1) is 25.8. The largest absolute Gasteiger partial charge is 0.463 e. The van der Waals surface area contributed by atoms with Crippen LogP contribution in [0.1, 0.15) is 38.3 Å². The highest BCUT2D eigenvalue weighted by molar-refractivity contribution is 7.08. The molecule has 9 nitrogen and oxygen atoms in total. The molecule has 2 N–H and O–H groups in total. The van der Waals surface area contributed by atoms with Crippen molar-refractivity contribution in [3.8, 4) is 0 Å². The van der Waals surface area contributed by atoms with Crippen LogP contribution in [-0.4, -0.2) is 85.2 Å². The molecule has 0 radical (unpaired) electrons. The van der Waals surface area contributed by atoms with Crippen molar-refractivity contribution in [2.45, 2.75) is 32.7 Å². The molecule has 34 heavy (non-hydrogen) atoms. The van der Waals surface area contributed by atoms with Gasteiger partial charge < -0.3 is 20.3 Å². The lowest BCUT2D eigenvalue weighted by Crippen LogP contribution is -2.51. The molecule has 1 aromatic rings. The van der Waals surface area contributed by atoms with Crippen LogP contribution >= 0.6 is 11.3 Å². The summed E-state index contributed by atoms with van der Waals surface area (Å²) in [7, 11) is 0. The summed E-state index contributed by atoms with van der Waals surface area (Å²) in [6.07, 6.45) is 3.35. The number of hydrogen-bond donors (Lipinski definition) is 2. The van der Waals surface area contributed by atoms with E-state index in [1.807, 2.05) is 28.7 Å². The second-order valence-electron chi connectivity index (χ2n) is 8.27. The fourth-order valence-corrected chi connectivity index (χ4v) is 4.91. The number of nitrogens with zero attached hydrogens (tertiary/aromatic N) is 3. The zero-order valence-corrected chi connectivity index (χ0v) is 20.9. The standard InChI is InChI=1S/C24H35N5O4S/c1-4-9-25-23(31)28-12-7-11-27(13-14-28)16-19-20(22(30)33-6-3)21(18-8-15-34-17-18)26-24(32)29(19)10-5-2/h5,8,15,17,21H,2,4,6-7,9-14,16H2,1,3H3,(H,25,31)(H,26,32). The van der Waals surface area contributed by atoms with E-state index in [0.29, 0.717) is 44.0 Å². The monoisotopic (exact) mass is 489 g/mol. The van der Waals surface area contributed by atoms with Gasteiger partial charge in [0.15, 0.2) is 0 Å². The number of rotatable bonds is 9. The van der Waals surface area contributed by atoms with Crippen LogP contribution < -0.4 is 10.6 Å². The van der Waals surface area contributed by atoms with Gasteiger partial charge in [0, 0.05) is 51.5 Å². The van der Waals surface area contributed by atoms with E-state index in [2.05, 4.69) is 22.1 Å². The second kappa shape index (κ2) is 12.6. The van der Waals surface area contributed by atoms with Crippen molar-refractivity contribution < 1.29 is 19.1 Å². The van der Waals surface area contributed by atoms with Crippen LogP contribution in [0.2, 0.25) is 0 Å². The summed E-state index contributed by atoms with van der Waals surface area (Å²) in [5.41, 5.74) is 1.93. The summed E-state index contributed by atoms with van der Waals surface area (Å²) >= 11 is 1.51. The highest BCUT2D eigenvalue weighted by Crippen LogP contribution is 2.33. The topological polar surface area (TPSA) is 94.2 Å². The van der Waals surface area contributed by atoms with Gasteiger partial charge in [-0.3, -0.25) is 9.80 Å². The molecule has 10 heteroatoms. The minimum absolute atomic E-state index is 0.0435. The van der Waals surface area contributed by atoms with Crippen molar-refractivity contribution in [1.29, 1.82) is 0 Å². The molecular formula is C24H35N5O4S. The van der Waals surface area contributed by atoms with E-state index in [-0.39, 0.29) is 25.2 Å². The van der Waals surface area contributed by atoms with Gasteiger partial charge in [-0.1, -0.05) is 13.0 Å². The highest BCUT2D eigenvalue weighted by atomic mass is 32.1. The van der Waals surface area contributed by atoms with E-state index in [0.717, 1.165) is 24.9 Å². The molecular weight excluding hydrogens is 454 g/mol. The smallest absolute Gasteiger partial charge is 0.338 e. The summed E-state index contributed by atoms with van der Waals surface area (Å²) in [6, 6.07) is 1.03. The third-order valence-corrected chi connectivity index (χ3v) is 6.60. The predicted molar refractivity (Wildman–Crippen MR) is 132 cm³/mol. The zero-order chi connectivity index (χ0) is 24.5. The van der Waals surface area contributed by atoms with E-state index in [9.17, 15) is 14.4 Å². The first-order valence-electron chi connectivity index (χ1n) is 11.9. The molecule has 4 amide bonds. The molecule has 186 valence electrons. The number of carbonyl (C=O) groups excluding carboxylic acids is 3. The number of hydrogen-bond acceptors (Lipinski definition) is 6. The average Bonchev–Trinajstić information content (AvgIpc) is 3.26. The average molecular weight is 490 g/mol. The minimum Gasteiger partial charge on any atom is -0.463 e. The Morgan fingerprint density at radius 2 is 2.12 bits per heavy atom. The molecule has 1 saturated heterocycles. The van der Waals surface area contributed by atoms with Crippen molar-refractivity contribution in [3.05, 3.63) is 46.3 Å². The number of amides is 4. The molecule has 0 aliphatic carbocycles. The molecule has 1 unspecified atom stereocenters. The maximum Gasteiger partial charge on any atom is 0.338 e. The zero-order valence-electron chi connectivity index (χ0n) is 20.0. The summed E-state index contributed by atoms with van der Waals surface area (Å²) in [5.74, 6) is -0.432. The van der Waals surface area contributed by atoms with Gasteiger partial charge in [0.25, 0.3) is 0 Å². The molecule has 1 aromatic heterocycles. The number of nitrogens with one attached hydrogen (secondary N) is 2. The van der Waals surface area contributed by atoms with Gasteiger partial charge in [-0.05, 0) is 42.2 Å². The quantitative estimate of drug-likeness (QED) is 0.411. The van der Waals surface area contributed by atoms with Gasteiger partial charge in [-0.2, -0.15) is 11.3 Å². The number of thiophene rings is 1.